The van der Waals surface area contributed by atoms with Crippen LogP contribution in [0.3, 0.4) is 0 Å². The number of hydrogen-bond donors (Lipinski definition) is 2. The lowest BCUT2D eigenvalue weighted by atomic mass is 10.1. The van der Waals surface area contributed by atoms with Crippen molar-refractivity contribution in [2.75, 3.05) is 24.4 Å². The SMILES string of the molecule is COc1ccc(NC(C)=O)cc1NC(=O)c1ccc(OCCC(C)C)cc1. The van der Waals surface area contributed by atoms with Crippen molar-refractivity contribution in [2.24, 2.45) is 5.92 Å². The first-order chi connectivity index (χ1) is 12.9. The summed E-state index contributed by atoms with van der Waals surface area (Å²) in [6.07, 6.45) is 0.979. The molecule has 2 amide bonds. The monoisotopic (exact) mass is 370 g/mol. The van der Waals surface area contributed by atoms with Gasteiger partial charge in [0.1, 0.15) is 11.5 Å². The molecule has 0 saturated carbocycles. The van der Waals surface area contributed by atoms with E-state index in [1.807, 2.05) is 0 Å². The van der Waals surface area contributed by atoms with Crippen molar-refractivity contribution in [1.82, 2.24) is 0 Å². The van der Waals surface area contributed by atoms with Gasteiger partial charge in [-0.05, 0) is 54.8 Å². The number of methoxy groups -OCH3 is 1. The van der Waals surface area contributed by atoms with E-state index in [1.54, 1.807) is 42.5 Å². The first-order valence-electron chi connectivity index (χ1n) is 8.89. The minimum Gasteiger partial charge on any atom is -0.495 e. The maximum atomic E-state index is 12.5. The van der Waals surface area contributed by atoms with Crippen LogP contribution in [0.2, 0.25) is 0 Å². The van der Waals surface area contributed by atoms with Gasteiger partial charge in [0.25, 0.3) is 5.91 Å². The van der Waals surface area contributed by atoms with Gasteiger partial charge in [-0.3, -0.25) is 9.59 Å². The maximum Gasteiger partial charge on any atom is 0.255 e. The molecular formula is C21H26N2O4. The van der Waals surface area contributed by atoms with Crippen molar-refractivity contribution in [3.8, 4) is 11.5 Å². The molecule has 0 atom stereocenters. The molecule has 0 fully saturated rings. The third-order valence-corrected chi connectivity index (χ3v) is 3.85. The summed E-state index contributed by atoms with van der Waals surface area (Å²) in [7, 11) is 1.52. The minimum absolute atomic E-state index is 0.189. The molecule has 0 unspecified atom stereocenters. The van der Waals surface area contributed by atoms with Crippen LogP contribution in [0.15, 0.2) is 42.5 Å². The number of ether oxygens (including phenoxy) is 2. The van der Waals surface area contributed by atoms with E-state index in [0.29, 0.717) is 35.2 Å². The van der Waals surface area contributed by atoms with Crippen molar-refractivity contribution < 1.29 is 19.1 Å². The van der Waals surface area contributed by atoms with Gasteiger partial charge in [0.15, 0.2) is 0 Å². The summed E-state index contributed by atoms with van der Waals surface area (Å²) in [6.45, 7) is 6.36. The number of carbonyl (C=O) groups is 2. The van der Waals surface area contributed by atoms with Crippen LogP contribution in [0, 0.1) is 5.92 Å². The lowest BCUT2D eigenvalue weighted by molar-refractivity contribution is -0.114. The summed E-state index contributed by atoms with van der Waals surface area (Å²) in [5.41, 5.74) is 1.55. The molecule has 2 rings (SSSR count). The summed E-state index contributed by atoms with van der Waals surface area (Å²) in [5, 5.41) is 5.49. The molecule has 6 nitrogen and oxygen atoms in total. The van der Waals surface area contributed by atoms with Crippen molar-refractivity contribution >= 4 is 23.2 Å². The Bertz CT molecular complexity index is 785. The Kier molecular flexibility index (Phi) is 7.23. The zero-order chi connectivity index (χ0) is 19.8. The first-order valence-corrected chi connectivity index (χ1v) is 8.89. The average molecular weight is 370 g/mol. The van der Waals surface area contributed by atoms with Crippen LogP contribution in [0.5, 0.6) is 11.5 Å². The highest BCUT2D eigenvalue weighted by atomic mass is 16.5. The fourth-order valence-corrected chi connectivity index (χ4v) is 2.40. The second-order valence-corrected chi connectivity index (χ2v) is 6.61. The molecule has 2 aromatic rings. The molecule has 6 heteroatoms. The molecule has 2 aromatic carbocycles. The van der Waals surface area contributed by atoms with Gasteiger partial charge >= 0.3 is 0 Å². The summed E-state index contributed by atoms with van der Waals surface area (Å²) in [6, 6.07) is 12.0. The molecule has 0 aromatic heterocycles. The van der Waals surface area contributed by atoms with E-state index >= 15 is 0 Å². The van der Waals surface area contributed by atoms with Crippen LogP contribution in [0.4, 0.5) is 11.4 Å². The van der Waals surface area contributed by atoms with E-state index in [4.69, 9.17) is 9.47 Å². The van der Waals surface area contributed by atoms with Crippen LogP contribution in [0.1, 0.15) is 37.6 Å². The number of rotatable bonds is 8. The Morgan fingerprint density at radius 2 is 1.74 bits per heavy atom. The lowest BCUT2D eigenvalue weighted by Crippen LogP contribution is -2.13. The van der Waals surface area contributed by atoms with Crippen LogP contribution in [-0.4, -0.2) is 25.5 Å². The zero-order valence-corrected chi connectivity index (χ0v) is 16.2. The zero-order valence-electron chi connectivity index (χ0n) is 16.2. The molecule has 0 bridgehead atoms. The predicted molar refractivity (Wildman–Crippen MR) is 107 cm³/mol. The molecule has 144 valence electrons. The fourth-order valence-electron chi connectivity index (χ4n) is 2.40. The third kappa shape index (κ3) is 6.33. The van der Waals surface area contributed by atoms with Gasteiger partial charge in [0, 0.05) is 18.2 Å². The van der Waals surface area contributed by atoms with Crippen LogP contribution >= 0.6 is 0 Å². The summed E-state index contributed by atoms with van der Waals surface area (Å²) in [4.78, 5) is 23.8. The predicted octanol–water partition coefficient (Wildman–Crippen LogP) is 4.33. The molecule has 2 N–H and O–H groups in total. The molecule has 0 aliphatic rings. The molecule has 0 aliphatic heterocycles. The first kappa shape index (κ1) is 20.3. The molecule has 0 saturated heterocycles. The van der Waals surface area contributed by atoms with Gasteiger partial charge in [-0.2, -0.15) is 0 Å². The Labute approximate surface area is 159 Å². The van der Waals surface area contributed by atoms with Crippen molar-refractivity contribution in [3.63, 3.8) is 0 Å². The quantitative estimate of drug-likeness (QED) is 0.725. The van der Waals surface area contributed by atoms with Crippen LogP contribution < -0.4 is 20.1 Å². The minimum atomic E-state index is -0.276. The van der Waals surface area contributed by atoms with Crippen molar-refractivity contribution in [3.05, 3.63) is 48.0 Å². The Morgan fingerprint density at radius 1 is 1.04 bits per heavy atom. The topological polar surface area (TPSA) is 76.7 Å². The highest BCUT2D eigenvalue weighted by molar-refractivity contribution is 6.05. The van der Waals surface area contributed by atoms with Crippen LogP contribution in [-0.2, 0) is 4.79 Å². The Balaban J connectivity index is 2.06. The van der Waals surface area contributed by atoms with E-state index in [2.05, 4.69) is 24.5 Å². The molecule has 0 heterocycles. The van der Waals surface area contributed by atoms with Gasteiger partial charge in [-0.15, -0.1) is 0 Å². The van der Waals surface area contributed by atoms with Crippen molar-refractivity contribution in [2.45, 2.75) is 27.2 Å². The number of anilines is 2. The molecule has 0 aliphatic carbocycles. The maximum absolute atomic E-state index is 12.5. The molecule has 27 heavy (non-hydrogen) atoms. The van der Waals surface area contributed by atoms with E-state index in [-0.39, 0.29) is 11.8 Å². The van der Waals surface area contributed by atoms with E-state index in [1.165, 1.54) is 14.0 Å². The summed E-state index contributed by atoms with van der Waals surface area (Å²) >= 11 is 0. The second kappa shape index (κ2) is 9.62. The van der Waals surface area contributed by atoms with E-state index in [0.717, 1.165) is 12.2 Å². The standard InChI is InChI=1S/C21H26N2O4/c1-14(2)11-12-27-18-8-5-16(6-9-18)21(25)23-19-13-17(22-15(3)24)7-10-20(19)26-4/h5-10,13-14H,11-12H2,1-4H3,(H,22,24)(H,23,25). The molecule has 0 spiro atoms. The third-order valence-electron chi connectivity index (χ3n) is 3.85. The largest absolute Gasteiger partial charge is 0.495 e. The summed E-state index contributed by atoms with van der Waals surface area (Å²) in [5.74, 6) is 1.36. The smallest absolute Gasteiger partial charge is 0.255 e. The normalized spacial score (nSPS) is 10.4. The van der Waals surface area contributed by atoms with E-state index in [9.17, 15) is 9.59 Å². The molecular weight excluding hydrogens is 344 g/mol. The van der Waals surface area contributed by atoms with Gasteiger partial charge in [-0.25, -0.2) is 0 Å². The number of carbonyl (C=O) groups excluding carboxylic acids is 2. The summed E-state index contributed by atoms with van der Waals surface area (Å²) < 4.78 is 10.9. The number of hydrogen-bond acceptors (Lipinski definition) is 4. The number of nitrogens with one attached hydrogen (secondary N) is 2. The highest BCUT2D eigenvalue weighted by Gasteiger charge is 2.11. The number of benzene rings is 2. The van der Waals surface area contributed by atoms with Gasteiger partial charge < -0.3 is 20.1 Å². The van der Waals surface area contributed by atoms with Crippen molar-refractivity contribution in [1.29, 1.82) is 0 Å². The average Bonchev–Trinajstić information content (AvgIpc) is 2.61. The number of amides is 2. The highest BCUT2D eigenvalue weighted by Crippen LogP contribution is 2.28. The Morgan fingerprint density at radius 3 is 2.33 bits per heavy atom. The van der Waals surface area contributed by atoms with Gasteiger partial charge in [-0.1, -0.05) is 13.8 Å². The Hall–Kier alpha value is -3.02. The van der Waals surface area contributed by atoms with Gasteiger partial charge in [0.2, 0.25) is 5.91 Å². The van der Waals surface area contributed by atoms with Crippen LogP contribution in [0.25, 0.3) is 0 Å². The van der Waals surface area contributed by atoms with Gasteiger partial charge in [0.05, 0.1) is 19.4 Å². The van der Waals surface area contributed by atoms with E-state index < -0.39 is 0 Å². The fraction of sp³-hybridized carbons (Fsp3) is 0.333. The second-order valence-electron chi connectivity index (χ2n) is 6.61. The molecule has 0 radical (unpaired) electrons. The lowest BCUT2D eigenvalue weighted by Gasteiger charge is -2.13.